The first-order valence-electron chi connectivity index (χ1n) is 6.77. The third-order valence-electron chi connectivity index (χ3n) is 3.84. The van der Waals surface area contributed by atoms with E-state index in [0.717, 1.165) is 19.3 Å². The van der Waals surface area contributed by atoms with Crippen LogP contribution in [-0.2, 0) is 11.8 Å². The molecule has 0 spiro atoms. The van der Waals surface area contributed by atoms with Gasteiger partial charge in [0.05, 0.1) is 0 Å². The number of hydrogen-bond donors (Lipinski definition) is 0. The molecule has 0 N–H and O–H groups in total. The molecule has 1 nitrogen and oxygen atoms in total. The van der Waals surface area contributed by atoms with Crippen LogP contribution in [0.5, 0.6) is 0 Å². The lowest BCUT2D eigenvalue weighted by Crippen LogP contribution is -2.25. The average Bonchev–Trinajstić information content (AvgIpc) is 2.91. The van der Waals surface area contributed by atoms with Crippen molar-refractivity contribution in [2.75, 3.05) is 0 Å². The van der Waals surface area contributed by atoms with Gasteiger partial charge in [-0.3, -0.25) is 0 Å². The molecule has 0 amide bonds. The molecule has 1 aromatic carbocycles. The van der Waals surface area contributed by atoms with Crippen molar-refractivity contribution in [3.63, 3.8) is 0 Å². The molecule has 0 aliphatic carbocycles. The Morgan fingerprint density at radius 1 is 1.06 bits per heavy atom. The van der Waals surface area contributed by atoms with E-state index in [-0.39, 0.29) is 5.41 Å². The van der Waals surface area contributed by atoms with Crippen LogP contribution in [0.3, 0.4) is 0 Å². The summed E-state index contributed by atoms with van der Waals surface area (Å²) in [6.07, 6.45) is 5.33. The van der Waals surface area contributed by atoms with E-state index in [1.54, 1.807) is 0 Å². The molecular formula is C16H21NS. The molecule has 0 bridgehead atoms. The second-order valence-corrected chi connectivity index (χ2v) is 5.76. The third kappa shape index (κ3) is 2.22. The first-order chi connectivity index (χ1) is 8.76. The van der Waals surface area contributed by atoms with E-state index in [9.17, 15) is 0 Å². The summed E-state index contributed by atoms with van der Waals surface area (Å²) in [4.78, 5) is 6.08. The van der Waals surface area contributed by atoms with Gasteiger partial charge in [-0.1, -0.05) is 51.1 Å². The maximum absolute atomic E-state index is 4.70. The van der Waals surface area contributed by atoms with Crippen molar-refractivity contribution in [3.05, 3.63) is 52.0 Å². The van der Waals surface area contributed by atoms with E-state index < -0.39 is 0 Å². The number of nitrogens with zero attached hydrogens (tertiary/aromatic N) is 1. The molecule has 0 unspecified atom stereocenters. The van der Waals surface area contributed by atoms with Crippen LogP contribution < -0.4 is 0 Å². The summed E-state index contributed by atoms with van der Waals surface area (Å²) in [6, 6.07) is 10.8. The number of thiazole rings is 1. The normalized spacial score (nSPS) is 11.7. The minimum Gasteiger partial charge on any atom is -0.248 e. The van der Waals surface area contributed by atoms with Crippen LogP contribution in [0.2, 0.25) is 0 Å². The fraction of sp³-hybridized carbons (Fsp3) is 0.438. The number of benzene rings is 1. The zero-order chi connectivity index (χ0) is 13.0. The van der Waals surface area contributed by atoms with E-state index in [4.69, 9.17) is 4.98 Å². The van der Waals surface area contributed by atoms with Gasteiger partial charge in [0.1, 0.15) is 5.01 Å². The Morgan fingerprint density at radius 3 is 2.22 bits per heavy atom. The fourth-order valence-electron chi connectivity index (χ4n) is 2.53. The molecule has 2 heteroatoms. The van der Waals surface area contributed by atoms with Gasteiger partial charge in [-0.2, -0.15) is 0 Å². The van der Waals surface area contributed by atoms with E-state index in [2.05, 4.69) is 51.1 Å². The van der Waals surface area contributed by atoms with Crippen LogP contribution in [0.25, 0.3) is 0 Å². The molecule has 0 fully saturated rings. The summed E-state index contributed by atoms with van der Waals surface area (Å²) < 4.78 is 0. The van der Waals surface area contributed by atoms with Gasteiger partial charge < -0.3 is 0 Å². The van der Waals surface area contributed by atoms with Gasteiger partial charge in [-0.05, 0) is 24.8 Å². The van der Waals surface area contributed by atoms with Crippen LogP contribution in [0.1, 0.15) is 49.1 Å². The molecule has 0 radical (unpaired) electrons. The molecule has 0 aliphatic rings. The zero-order valence-corrected chi connectivity index (χ0v) is 12.3. The maximum Gasteiger partial charge on any atom is 0.103 e. The Labute approximate surface area is 114 Å². The summed E-state index contributed by atoms with van der Waals surface area (Å²) >= 11 is 1.87. The van der Waals surface area contributed by atoms with Gasteiger partial charge in [-0.15, -0.1) is 11.3 Å². The monoisotopic (exact) mass is 259 g/mol. The second-order valence-electron chi connectivity index (χ2n) is 4.64. The summed E-state index contributed by atoms with van der Waals surface area (Å²) in [5.74, 6) is 0. The molecular weight excluding hydrogens is 238 g/mol. The van der Waals surface area contributed by atoms with Gasteiger partial charge in [0.15, 0.2) is 0 Å². The van der Waals surface area contributed by atoms with E-state index in [0.29, 0.717) is 0 Å². The van der Waals surface area contributed by atoms with Crippen molar-refractivity contribution in [1.82, 2.24) is 4.98 Å². The molecule has 0 saturated carbocycles. The van der Waals surface area contributed by atoms with Gasteiger partial charge in [-0.25, -0.2) is 4.98 Å². The third-order valence-corrected chi connectivity index (χ3v) is 5.19. The van der Waals surface area contributed by atoms with Crippen molar-refractivity contribution in [1.29, 1.82) is 0 Å². The molecule has 18 heavy (non-hydrogen) atoms. The van der Waals surface area contributed by atoms with Crippen LogP contribution in [0.4, 0.5) is 0 Å². The first kappa shape index (κ1) is 13.3. The lowest BCUT2D eigenvalue weighted by molar-refractivity contribution is 0.476. The Bertz CT molecular complexity index is 483. The molecule has 1 aromatic heterocycles. The van der Waals surface area contributed by atoms with Gasteiger partial charge in [0.25, 0.3) is 0 Å². The number of hydrogen-bond acceptors (Lipinski definition) is 2. The van der Waals surface area contributed by atoms with Crippen molar-refractivity contribution >= 4 is 11.3 Å². The number of rotatable bonds is 5. The molecule has 0 atom stereocenters. The minimum atomic E-state index is 0.0966. The van der Waals surface area contributed by atoms with Crippen LogP contribution in [-0.4, -0.2) is 4.98 Å². The van der Waals surface area contributed by atoms with Crippen LogP contribution >= 0.6 is 11.3 Å². The standard InChI is InChI=1S/C16H21NS/c1-4-14-12-17-15(18-14)16(5-2,6-3)13-10-8-7-9-11-13/h7-12H,4-6H2,1-3H3. The fourth-order valence-corrected chi connectivity index (χ4v) is 3.74. The lowest BCUT2D eigenvalue weighted by atomic mass is 9.76. The summed E-state index contributed by atoms with van der Waals surface area (Å²) in [5, 5.41) is 1.27. The van der Waals surface area contributed by atoms with Crippen LogP contribution in [0.15, 0.2) is 36.5 Å². The maximum atomic E-state index is 4.70. The summed E-state index contributed by atoms with van der Waals surface area (Å²) in [7, 11) is 0. The van der Waals surface area contributed by atoms with Crippen molar-refractivity contribution < 1.29 is 0 Å². The predicted molar refractivity (Wildman–Crippen MR) is 79.3 cm³/mol. The summed E-state index contributed by atoms with van der Waals surface area (Å²) in [6.45, 7) is 6.73. The zero-order valence-electron chi connectivity index (χ0n) is 11.4. The van der Waals surface area contributed by atoms with Crippen LogP contribution in [0, 0.1) is 0 Å². The van der Waals surface area contributed by atoms with E-state index in [1.807, 2.05) is 17.5 Å². The molecule has 96 valence electrons. The largest absolute Gasteiger partial charge is 0.248 e. The minimum absolute atomic E-state index is 0.0966. The average molecular weight is 259 g/mol. The molecule has 2 aromatic rings. The topological polar surface area (TPSA) is 12.9 Å². The Balaban J connectivity index is 2.50. The van der Waals surface area contributed by atoms with Crippen molar-refractivity contribution in [2.45, 2.75) is 45.4 Å². The van der Waals surface area contributed by atoms with Crippen molar-refractivity contribution in [3.8, 4) is 0 Å². The highest BCUT2D eigenvalue weighted by Gasteiger charge is 2.33. The molecule has 1 heterocycles. The van der Waals surface area contributed by atoms with Gasteiger partial charge in [0.2, 0.25) is 0 Å². The quantitative estimate of drug-likeness (QED) is 0.750. The molecule has 2 rings (SSSR count). The SMILES string of the molecule is CCc1cnc(C(CC)(CC)c2ccccc2)s1. The first-order valence-corrected chi connectivity index (χ1v) is 7.59. The summed E-state index contributed by atoms with van der Waals surface area (Å²) in [5.41, 5.74) is 1.49. The highest BCUT2D eigenvalue weighted by atomic mass is 32.1. The molecule has 0 aliphatic heterocycles. The smallest absolute Gasteiger partial charge is 0.103 e. The number of aromatic nitrogens is 1. The molecule has 0 saturated heterocycles. The lowest BCUT2D eigenvalue weighted by Gasteiger charge is -2.30. The Morgan fingerprint density at radius 2 is 1.72 bits per heavy atom. The second kappa shape index (κ2) is 5.66. The van der Waals surface area contributed by atoms with Crippen molar-refractivity contribution in [2.24, 2.45) is 0 Å². The predicted octanol–water partition coefficient (Wildman–Crippen LogP) is 4.81. The van der Waals surface area contributed by atoms with E-state index in [1.165, 1.54) is 15.4 Å². The number of aryl methyl sites for hydroxylation is 1. The Hall–Kier alpha value is -1.15. The highest BCUT2D eigenvalue weighted by molar-refractivity contribution is 7.11. The Kier molecular flexibility index (Phi) is 4.18. The van der Waals surface area contributed by atoms with Gasteiger partial charge >= 0.3 is 0 Å². The highest BCUT2D eigenvalue weighted by Crippen LogP contribution is 2.40. The van der Waals surface area contributed by atoms with Gasteiger partial charge in [0, 0.05) is 16.5 Å². The van der Waals surface area contributed by atoms with E-state index >= 15 is 0 Å².